The Hall–Kier alpha value is -0.361. The summed E-state index contributed by atoms with van der Waals surface area (Å²) >= 11 is 0. The summed E-state index contributed by atoms with van der Waals surface area (Å²) in [5.74, 6) is 0. The second-order valence-electron chi connectivity index (χ2n) is 0. The van der Waals surface area contributed by atoms with Gasteiger partial charge in [0.1, 0.15) is 0 Å². The van der Waals surface area contributed by atoms with E-state index in [-0.39, 0.29) is 76.2 Å². The van der Waals surface area contributed by atoms with Crippen molar-refractivity contribution in [3.05, 3.63) is 32.9 Å². The third-order valence-electron chi connectivity index (χ3n) is 0. The quantitative estimate of drug-likeness (QED) is 0.240. The van der Waals surface area contributed by atoms with Gasteiger partial charge < -0.3 is 59.2 Å². The van der Waals surface area contributed by atoms with Crippen LogP contribution in [0.1, 0.15) is 0 Å². The van der Waals surface area contributed by atoms with Crippen LogP contribution in [0.4, 0.5) is 0 Å². The van der Waals surface area contributed by atoms with Gasteiger partial charge in [0.05, 0.1) is 0 Å². The van der Waals surface area contributed by atoms with E-state index in [4.69, 9.17) is 69.4 Å². The SMILES string of the molecule is N#[O+].[C-]#N.[C-]#N.[C-]#N.[C-]#N.[C-]#N.[Fe+3].[Na+].[Na+]. The molecule has 0 aliphatic carbocycles. The maximum Gasteiger partial charge on any atom is 3.00 e. The summed E-state index contributed by atoms with van der Waals surface area (Å²) < 4.78 is 7.25. The molecule has 0 amide bonds. The third-order valence-corrected chi connectivity index (χ3v) is 0. The summed E-state index contributed by atoms with van der Waals surface area (Å²) in [6.45, 7) is 23.8. The normalized spacial score (nSPS) is 0.800. The van der Waals surface area contributed by atoms with Crippen molar-refractivity contribution in [1.82, 2.24) is 0 Å². The van der Waals surface area contributed by atoms with Crippen molar-refractivity contribution in [2.24, 2.45) is 0 Å². The average Bonchev–Trinajstić information content (AvgIpc) is 2.33. The Bertz CT molecular complexity index is 105. The topological polar surface area (TPSA) is 163 Å². The van der Waals surface area contributed by atoms with E-state index in [1.54, 1.807) is 0 Å². The first-order chi connectivity index (χ1) is 6.00. The second-order valence-corrected chi connectivity index (χ2v) is 0. The molecular weight excluding hydrogens is 262 g/mol. The molecule has 0 fully saturated rings. The first-order valence-corrected chi connectivity index (χ1v) is 1.30. The van der Waals surface area contributed by atoms with Crippen LogP contribution >= 0.6 is 0 Å². The van der Waals surface area contributed by atoms with E-state index in [9.17, 15) is 0 Å². The van der Waals surface area contributed by atoms with E-state index < -0.39 is 0 Å². The van der Waals surface area contributed by atoms with Gasteiger partial charge in [-0.2, -0.15) is 0 Å². The molecule has 0 aliphatic rings. The fourth-order valence-electron chi connectivity index (χ4n) is 0. The average molecular weight is 262 g/mol. The Labute approximate surface area is 144 Å². The Kier molecular flexibility index (Phi) is 95700. The van der Waals surface area contributed by atoms with Crippen LogP contribution in [0.3, 0.4) is 0 Å². The molecule has 10 heteroatoms. The van der Waals surface area contributed by atoms with E-state index >= 15 is 0 Å². The molecular formula is C5FeN6Na2O+. The van der Waals surface area contributed by atoms with Gasteiger partial charge in [-0.25, -0.2) is 0 Å². The fourth-order valence-corrected chi connectivity index (χ4v) is 0. The van der Waals surface area contributed by atoms with Crippen molar-refractivity contribution < 1.29 is 81.0 Å². The van der Waals surface area contributed by atoms with Crippen LogP contribution in [0.2, 0.25) is 0 Å². The van der Waals surface area contributed by atoms with E-state index in [1.165, 1.54) is 0 Å². The smallest absolute Gasteiger partial charge is 0.512 e. The zero-order valence-corrected chi connectivity index (χ0v) is 13.0. The van der Waals surface area contributed by atoms with Gasteiger partial charge in [-0.1, -0.05) is 0 Å². The van der Waals surface area contributed by atoms with Gasteiger partial charge in [0, 0.05) is 0 Å². The first kappa shape index (κ1) is 85.6. The number of hydrogen-bond donors (Lipinski definition) is 0. The van der Waals surface area contributed by atoms with E-state index in [1.807, 2.05) is 0 Å². The Morgan fingerprint density at radius 3 is 0.467 bits per heavy atom. The maximum atomic E-state index is 7.25. The Morgan fingerprint density at radius 1 is 0.467 bits per heavy atom. The van der Waals surface area contributed by atoms with Crippen LogP contribution in [0.5, 0.6) is 0 Å². The monoisotopic (exact) mass is 262 g/mol. The molecule has 0 aromatic heterocycles. The standard InChI is InChI=1S/5CN.Fe.NO.2Na/c5*1-2;;1-2;;/q5*-1;+3;3*+1. The summed E-state index contributed by atoms with van der Waals surface area (Å²) in [6, 6.07) is 0. The minimum Gasteiger partial charge on any atom is -0.512 e. The molecule has 0 saturated carbocycles. The van der Waals surface area contributed by atoms with Crippen LogP contribution in [-0.2, 0) is 21.8 Å². The predicted octanol–water partition coefficient (Wildman–Crippen LogP) is -5.62. The summed E-state index contributed by atoms with van der Waals surface area (Å²) in [6.07, 6.45) is 0. The first-order valence-electron chi connectivity index (χ1n) is 1.30. The molecule has 65 valence electrons. The molecule has 0 bridgehead atoms. The third kappa shape index (κ3) is 14200. The molecule has 0 aliphatic heterocycles. The minimum absolute atomic E-state index is 0. The zero-order valence-electron chi connectivity index (χ0n) is 7.95. The van der Waals surface area contributed by atoms with Gasteiger partial charge in [0.2, 0.25) is 0 Å². The number of hydrogen-bond acceptors (Lipinski definition) is 6. The molecule has 0 N–H and O–H groups in total. The number of nitrogens with zero attached hydrogens (tertiary/aromatic N) is 6. The number of rotatable bonds is 0. The van der Waals surface area contributed by atoms with E-state index in [0.29, 0.717) is 0 Å². The second kappa shape index (κ2) is 16800. The van der Waals surface area contributed by atoms with Crippen LogP contribution in [0.25, 0.3) is 0 Å². The van der Waals surface area contributed by atoms with Crippen LogP contribution < -0.4 is 59.1 Å². The van der Waals surface area contributed by atoms with Crippen molar-refractivity contribution in [3.8, 4) is 0 Å². The van der Waals surface area contributed by atoms with Crippen molar-refractivity contribution >= 4 is 0 Å². The molecule has 1 radical (unpaired) electrons. The zero-order chi connectivity index (χ0) is 12.0. The van der Waals surface area contributed by atoms with E-state index in [2.05, 4.69) is 0 Å². The van der Waals surface area contributed by atoms with Crippen molar-refractivity contribution in [2.75, 3.05) is 0 Å². The van der Waals surface area contributed by atoms with Crippen LogP contribution in [0, 0.1) is 64.6 Å². The van der Waals surface area contributed by atoms with Crippen LogP contribution in [-0.4, -0.2) is 0 Å². The van der Waals surface area contributed by atoms with Gasteiger partial charge >= 0.3 is 86.4 Å². The minimum atomic E-state index is 0. The predicted molar refractivity (Wildman–Crippen MR) is 27.3 cm³/mol. The molecule has 0 saturated heterocycles. The summed E-state index contributed by atoms with van der Waals surface area (Å²) in [5, 5.41) is 31.2. The van der Waals surface area contributed by atoms with Crippen molar-refractivity contribution in [2.45, 2.75) is 0 Å². The molecule has 0 unspecified atom stereocenters. The van der Waals surface area contributed by atoms with E-state index in [0.717, 1.165) is 0 Å². The van der Waals surface area contributed by atoms with Crippen molar-refractivity contribution in [1.29, 1.82) is 31.8 Å². The summed E-state index contributed by atoms with van der Waals surface area (Å²) in [4.78, 5) is 0. The van der Waals surface area contributed by atoms with Crippen LogP contribution in [0.15, 0.2) is 0 Å². The maximum absolute atomic E-state index is 7.25. The molecule has 0 aromatic carbocycles. The van der Waals surface area contributed by atoms with Crippen molar-refractivity contribution in [3.63, 3.8) is 0 Å². The molecule has 0 aromatic rings. The van der Waals surface area contributed by atoms with Gasteiger partial charge in [-0.15, -0.1) is 0 Å². The largest absolute Gasteiger partial charge is 3.00 e. The summed E-state index contributed by atoms with van der Waals surface area (Å²) in [5.41, 5.74) is 5.75. The summed E-state index contributed by atoms with van der Waals surface area (Å²) in [7, 11) is 0. The Morgan fingerprint density at radius 2 is 0.467 bits per heavy atom. The Balaban J connectivity index is -0.00000000396. The molecule has 0 spiro atoms. The molecule has 0 atom stereocenters. The molecule has 7 nitrogen and oxygen atoms in total. The molecule has 15 heavy (non-hydrogen) atoms. The fraction of sp³-hybridized carbons (Fsp3) is 0. The van der Waals surface area contributed by atoms with Gasteiger partial charge in [-0.3, -0.25) is 0 Å². The van der Waals surface area contributed by atoms with Gasteiger partial charge in [-0.05, 0) is 0 Å². The molecule has 0 rings (SSSR count). The van der Waals surface area contributed by atoms with Gasteiger partial charge in [0.25, 0.3) is 0 Å². The van der Waals surface area contributed by atoms with Gasteiger partial charge in [0.15, 0.2) is 0 Å². The molecule has 0 heterocycles.